The highest BCUT2D eigenvalue weighted by atomic mass is 16.5. The summed E-state index contributed by atoms with van der Waals surface area (Å²) in [6.07, 6.45) is 5.91. The van der Waals surface area contributed by atoms with Gasteiger partial charge in [0.1, 0.15) is 5.76 Å². The molecule has 0 aromatic carbocycles. The predicted octanol–water partition coefficient (Wildman–Crippen LogP) is 2.14. The topological polar surface area (TPSA) is 37.6 Å². The number of ether oxygens (including phenoxy) is 1. The minimum Gasteiger partial charge on any atom is -0.468 e. The molecule has 2 heterocycles. The highest BCUT2D eigenvalue weighted by Gasteiger charge is 2.22. The molecule has 1 saturated carbocycles. The molecule has 106 valence electrons. The predicted molar refractivity (Wildman–Crippen MR) is 73.9 cm³/mol. The second-order valence-corrected chi connectivity index (χ2v) is 5.79. The molecule has 1 N–H and O–H groups in total. The quantitative estimate of drug-likeness (QED) is 0.884. The first-order chi connectivity index (χ1) is 9.31. The Hall–Kier alpha value is -0.840. The highest BCUT2D eigenvalue weighted by molar-refractivity contribution is 5.17. The Kier molecular flexibility index (Phi) is 4.21. The van der Waals surface area contributed by atoms with Crippen LogP contribution < -0.4 is 5.32 Å². The normalized spacial score (nSPS) is 25.4. The third-order valence-corrected chi connectivity index (χ3v) is 3.90. The van der Waals surface area contributed by atoms with Gasteiger partial charge in [-0.25, -0.2) is 0 Å². The molecule has 0 amide bonds. The maximum absolute atomic E-state index is 5.69. The minimum absolute atomic E-state index is 0.336. The molecular weight excluding hydrogens is 240 g/mol. The first kappa shape index (κ1) is 13.2. The summed E-state index contributed by atoms with van der Waals surface area (Å²) in [6.45, 7) is 7.02. The van der Waals surface area contributed by atoms with E-state index in [1.807, 2.05) is 6.26 Å². The molecule has 19 heavy (non-hydrogen) atoms. The van der Waals surface area contributed by atoms with Crippen molar-refractivity contribution in [3.05, 3.63) is 23.7 Å². The van der Waals surface area contributed by atoms with Crippen LogP contribution in [0, 0.1) is 0 Å². The van der Waals surface area contributed by atoms with E-state index in [2.05, 4.69) is 23.2 Å². The molecule has 3 rings (SSSR count). The molecule has 2 aliphatic rings. The van der Waals surface area contributed by atoms with Gasteiger partial charge in [-0.1, -0.05) is 0 Å². The third-order valence-electron chi connectivity index (χ3n) is 3.90. The Labute approximate surface area is 115 Å². The zero-order valence-electron chi connectivity index (χ0n) is 11.7. The first-order valence-electron chi connectivity index (χ1n) is 7.44. The lowest BCUT2D eigenvalue weighted by Crippen LogP contribution is -2.30. The molecule has 0 spiro atoms. The first-order valence-corrected chi connectivity index (χ1v) is 7.44. The van der Waals surface area contributed by atoms with Crippen molar-refractivity contribution >= 4 is 0 Å². The van der Waals surface area contributed by atoms with Crippen LogP contribution in [0.25, 0.3) is 0 Å². The second-order valence-electron chi connectivity index (χ2n) is 5.79. The van der Waals surface area contributed by atoms with Crippen LogP contribution in [0.4, 0.5) is 0 Å². The number of nitrogens with zero attached hydrogens (tertiary/aromatic N) is 1. The van der Waals surface area contributed by atoms with Gasteiger partial charge in [-0.2, -0.15) is 0 Å². The molecule has 0 radical (unpaired) electrons. The van der Waals surface area contributed by atoms with Gasteiger partial charge in [0.05, 0.1) is 18.9 Å². The lowest BCUT2D eigenvalue weighted by Gasteiger charge is -2.21. The molecular formula is C15H24N2O2. The second kappa shape index (κ2) is 6.07. The van der Waals surface area contributed by atoms with Crippen LogP contribution in [-0.2, 0) is 17.8 Å². The van der Waals surface area contributed by atoms with E-state index in [0.717, 1.165) is 51.0 Å². The van der Waals surface area contributed by atoms with E-state index in [9.17, 15) is 0 Å². The minimum atomic E-state index is 0.336. The van der Waals surface area contributed by atoms with E-state index in [1.165, 1.54) is 18.4 Å². The molecule has 4 heteroatoms. The average Bonchev–Trinajstić information content (AvgIpc) is 3.15. The van der Waals surface area contributed by atoms with Gasteiger partial charge in [-0.05, 0) is 32.3 Å². The molecule has 1 saturated heterocycles. The van der Waals surface area contributed by atoms with E-state index < -0.39 is 0 Å². The van der Waals surface area contributed by atoms with Crippen molar-refractivity contribution in [2.45, 2.75) is 51.4 Å². The van der Waals surface area contributed by atoms with Crippen LogP contribution >= 0.6 is 0 Å². The number of hydrogen-bond acceptors (Lipinski definition) is 4. The van der Waals surface area contributed by atoms with Gasteiger partial charge in [-0.15, -0.1) is 0 Å². The Morgan fingerprint density at radius 1 is 1.42 bits per heavy atom. The Morgan fingerprint density at radius 3 is 3.16 bits per heavy atom. The van der Waals surface area contributed by atoms with Gasteiger partial charge in [-0.3, -0.25) is 4.90 Å². The summed E-state index contributed by atoms with van der Waals surface area (Å²) in [5, 5.41) is 3.52. The van der Waals surface area contributed by atoms with Gasteiger partial charge in [0.25, 0.3) is 0 Å². The van der Waals surface area contributed by atoms with Gasteiger partial charge in [0.2, 0.25) is 0 Å². The van der Waals surface area contributed by atoms with E-state index >= 15 is 0 Å². The van der Waals surface area contributed by atoms with Crippen LogP contribution in [0.15, 0.2) is 16.7 Å². The number of nitrogens with one attached hydrogen (secondary N) is 1. The molecule has 1 unspecified atom stereocenters. The van der Waals surface area contributed by atoms with Crippen molar-refractivity contribution in [3.8, 4) is 0 Å². The van der Waals surface area contributed by atoms with Crippen molar-refractivity contribution in [2.75, 3.05) is 19.7 Å². The molecule has 1 aliphatic carbocycles. The molecule has 4 nitrogen and oxygen atoms in total. The van der Waals surface area contributed by atoms with Crippen LogP contribution in [-0.4, -0.2) is 36.7 Å². The Balaban J connectivity index is 1.56. The van der Waals surface area contributed by atoms with Crippen molar-refractivity contribution in [1.29, 1.82) is 0 Å². The van der Waals surface area contributed by atoms with Crippen molar-refractivity contribution in [3.63, 3.8) is 0 Å². The number of hydrogen-bond donors (Lipinski definition) is 1. The van der Waals surface area contributed by atoms with Crippen LogP contribution in [0.5, 0.6) is 0 Å². The summed E-state index contributed by atoms with van der Waals surface area (Å²) in [7, 11) is 0. The monoisotopic (exact) mass is 264 g/mol. The summed E-state index contributed by atoms with van der Waals surface area (Å²) >= 11 is 0. The number of rotatable bonds is 5. The van der Waals surface area contributed by atoms with Gasteiger partial charge < -0.3 is 14.5 Å². The third kappa shape index (κ3) is 3.81. The Morgan fingerprint density at radius 2 is 2.32 bits per heavy atom. The highest BCUT2D eigenvalue weighted by Crippen LogP contribution is 2.21. The zero-order chi connectivity index (χ0) is 13.1. The molecule has 2 fully saturated rings. The fourth-order valence-electron chi connectivity index (χ4n) is 2.65. The van der Waals surface area contributed by atoms with E-state index in [4.69, 9.17) is 9.15 Å². The van der Waals surface area contributed by atoms with E-state index in [1.54, 1.807) is 0 Å². The van der Waals surface area contributed by atoms with Gasteiger partial charge in [0.15, 0.2) is 0 Å². The van der Waals surface area contributed by atoms with Gasteiger partial charge in [0, 0.05) is 37.8 Å². The van der Waals surface area contributed by atoms with Crippen LogP contribution in [0.1, 0.15) is 37.5 Å². The maximum atomic E-state index is 5.69. The molecule has 1 atom stereocenters. The van der Waals surface area contributed by atoms with Crippen molar-refractivity contribution in [2.24, 2.45) is 0 Å². The summed E-state index contributed by atoms with van der Waals surface area (Å²) in [4.78, 5) is 2.48. The Bertz CT molecular complexity index is 401. The van der Waals surface area contributed by atoms with Crippen molar-refractivity contribution in [1.82, 2.24) is 10.2 Å². The van der Waals surface area contributed by atoms with Crippen LogP contribution in [0.3, 0.4) is 0 Å². The summed E-state index contributed by atoms with van der Waals surface area (Å²) in [6, 6.07) is 2.84. The SMILES string of the molecule is CC1CN(Cc2ccoc2CNC2CC2)CCCO1. The summed E-state index contributed by atoms with van der Waals surface area (Å²) < 4.78 is 11.3. The zero-order valence-corrected chi connectivity index (χ0v) is 11.7. The molecule has 1 aromatic rings. The largest absolute Gasteiger partial charge is 0.468 e. The smallest absolute Gasteiger partial charge is 0.122 e. The molecule has 1 aromatic heterocycles. The fraction of sp³-hybridized carbons (Fsp3) is 0.733. The summed E-state index contributed by atoms with van der Waals surface area (Å²) in [5.41, 5.74) is 1.32. The van der Waals surface area contributed by atoms with E-state index in [-0.39, 0.29) is 0 Å². The average molecular weight is 264 g/mol. The standard InChI is InChI=1S/C15H24N2O2/c1-12-10-17(6-2-7-18-12)11-13-5-8-19-15(13)9-16-14-3-4-14/h5,8,12,14,16H,2-4,6-7,9-11H2,1H3. The van der Waals surface area contributed by atoms with Gasteiger partial charge >= 0.3 is 0 Å². The lowest BCUT2D eigenvalue weighted by atomic mass is 10.2. The maximum Gasteiger partial charge on any atom is 0.122 e. The van der Waals surface area contributed by atoms with Crippen LogP contribution in [0.2, 0.25) is 0 Å². The lowest BCUT2D eigenvalue weighted by molar-refractivity contribution is 0.0667. The number of furan rings is 1. The van der Waals surface area contributed by atoms with E-state index in [0.29, 0.717) is 6.10 Å². The molecule has 1 aliphatic heterocycles. The molecule has 0 bridgehead atoms. The van der Waals surface area contributed by atoms with Crippen molar-refractivity contribution < 1.29 is 9.15 Å². The summed E-state index contributed by atoms with van der Waals surface area (Å²) in [5.74, 6) is 1.10. The fourth-order valence-corrected chi connectivity index (χ4v) is 2.65.